The van der Waals surface area contributed by atoms with E-state index >= 15 is 0 Å². The molecule has 1 unspecified atom stereocenters. The van der Waals surface area contributed by atoms with Gasteiger partial charge in [0.15, 0.2) is 6.61 Å². The molecule has 0 aliphatic carbocycles. The number of hydrogen-bond acceptors (Lipinski definition) is 6. The van der Waals surface area contributed by atoms with E-state index in [1.807, 2.05) is 13.8 Å². The molecule has 0 aromatic heterocycles. The van der Waals surface area contributed by atoms with Crippen LogP contribution in [0.3, 0.4) is 0 Å². The summed E-state index contributed by atoms with van der Waals surface area (Å²) in [5, 5.41) is 0. The minimum atomic E-state index is -1.19. The summed E-state index contributed by atoms with van der Waals surface area (Å²) in [6.45, 7) is 2.98. The van der Waals surface area contributed by atoms with Crippen molar-refractivity contribution < 1.29 is 33.0 Å². The molecule has 0 spiro atoms. The first kappa shape index (κ1) is 22.1. The van der Waals surface area contributed by atoms with E-state index < -0.39 is 42.0 Å². The number of ether oxygens (including phenoxy) is 2. The molecule has 8 heteroatoms. The lowest BCUT2D eigenvalue weighted by molar-refractivity contribution is -0.147. The summed E-state index contributed by atoms with van der Waals surface area (Å²) in [6, 6.07) is 8.55. The van der Waals surface area contributed by atoms with Gasteiger partial charge in [-0.05, 0) is 42.7 Å². The zero-order chi connectivity index (χ0) is 22.7. The highest BCUT2D eigenvalue weighted by atomic mass is 19.1. The Balaban J connectivity index is 1.79. The van der Waals surface area contributed by atoms with Crippen LogP contribution in [0.2, 0.25) is 0 Å². The SMILES string of the molecule is COc1ccc(F)cc1C(=O)COC(=O)C(CC(C)C)N1C(=O)c2ccccc2C1=O. The molecule has 0 fully saturated rings. The summed E-state index contributed by atoms with van der Waals surface area (Å²) >= 11 is 0. The van der Waals surface area contributed by atoms with Gasteiger partial charge < -0.3 is 9.47 Å². The molecule has 1 aliphatic heterocycles. The maximum Gasteiger partial charge on any atom is 0.329 e. The van der Waals surface area contributed by atoms with Crippen molar-refractivity contribution in [3.05, 3.63) is 65.0 Å². The van der Waals surface area contributed by atoms with Crippen LogP contribution in [0, 0.1) is 11.7 Å². The average Bonchev–Trinajstić information content (AvgIpc) is 3.00. The number of amides is 2. The number of esters is 1. The number of rotatable bonds is 8. The van der Waals surface area contributed by atoms with Crippen LogP contribution in [-0.2, 0) is 9.53 Å². The van der Waals surface area contributed by atoms with Gasteiger partial charge in [0, 0.05) is 0 Å². The van der Waals surface area contributed by atoms with Crippen molar-refractivity contribution >= 4 is 23.6 Å². The molecule has 2 aromatic rings. The van der Waals surface area contributed by atoms with Gasteiger partial charge in [-0.25, -0.2) is 9.18 Å². The first-order valence-corrected chi connectivity index (χ1v) is 9.74. The zero-order valence-corrected chi connectivity index (χ0v) is 17.4. The number of Topliss-reactive ketones (excluding diaryl/α,β-unsaturated/α-hetero) is 1. The van der Waals surface area contributed by atoms with Gasteiger partial charge in [0.25, 0.3) is 11.8 Å². The Morgan fingerprint density at radius 1 is 1.03 bits per heavy atom. The maximum atomic E-state index is 13.5. The van der Waals surface area contributed by atoms with Gasteiger partial charge in [-0.15, -0.1) is 0 Å². The van der Waals surface area contributed by atoms with E-state index in [0.717, 1.165) is 17.0 Å². The molecule has 2 amide bonds. The number of benzene rings is 2. The molecule has 0 saturated heterocycles. The highest BCUT2D eigenvalue weighted by molar-refractivity contribution is 6.22. The molecule has 162 valence electrons. The summed E-state index contributed by atoms with van der Waals surface area (Å²) in [7, 11) is 1.33. The zero-order valence-electron chi connectivity index (χ0n) is 17.4. The van der Waals surface area contributed by atoms with Gasteiger partial charge in [-0.3, -0.25) is 19.3 Å². The third-order valence-corrected chi connectivity index (χ3v) is 4.91. The number of nitrogens with zero attached hydrogens (tertiary/aromatic N) is 1. The first-order chi connectivity index (χ1) is 14.7. The molecular formula is C23H22FNO6. The quantitative estimate of drug-likeness (QED) is 0.365. The van der Waals surface area contributed by atoms with Crippen LogP contribution in [-0.4, -0.2) is 48.2 Å². The summed E-state index contributed by atoms with van der Waals surface area (Å²) in [5.74, 6) is -3.26. The van der Waals surface area contributed by atoms with Gasteiger partial charge in [-0.1, -0.05) is 26.0 Å². The number of methoxy groups -OCH3 is 1. The number of carbonyl (C=O) groups excluding carboxylic acids is 4. The van der Waals surface area contributed by atoms with Crippen LogP contribution in [0.15, 0.2) is 42.5 Å². The molecular weight excluding hydrogens is 405 g/mol. The van der Waals surface area contributed by atoms with Crippen molar-refractivity contribution in [2.75, 3.05) is 13.7 Å². The first-order valence-electron chi connectivity index (χ1n) is 9.74. The van der Waals surface area contributed by atoms with E-state index in [1.165, 1.54) is 25.3 Å². The van der Waals surface area contributed by atoms with Crippen LogP contribution >= 0.6 is 0 Å². The smallest absolute Gasteiger partial charge is 0.329 e. The molecule has 1 atom stereocenters. The summed E-state index contributed by atoms with van der Waals surface area (Å²) in [5.41, 5.74) is 0.362. The van der Waals surface area contributed by atoms with Gasteiger partial charge in [0.05, 0.1) is 23.8 Å². The Morgan fingerprint density at radius 3 is 2.19 bits per heavy atom. The molecule has 0 radical (unpaired) electrons. The fourth-order valence-corrected chi connectivity index (χ4v) is 3.45. The highest BCUT2D eigenvalue weighted by Gasteiger charge is 2.43. The number of carbonyl (C=O) groups is 4. The van der Waals surface area contributed by atoms with Crippen molar-refractivity contribution in [1.29, 1.82) is 0 Å². The normalized spacial score (nSPS) is 13.9. The third-order valence-electron chi connectivity index (χ3n) is 4.91. The van der Waals surface area contributed by atoms with Crippen LogP contribution in [0.25, 0.3) is 0 Å². The number of fused-ring (bicyclic) bond motifs is 1. The topological polar surface area (TPSA) is 90.0 Å². The Hall–Kier alpha value is -3.55. The van der Waals surface area contributed by atoms with E-state index in [9.17, 15) is 23.6 Å². The van der Waals surface area contributed by atoms with Crippen molar-refractivity contribution in [3.8, 4) is 5.75 Å². The fraction of sp³-hybridized carbons (Fsp3) is 0.304. The minimum Gasteiger partial charge on any atom is -0.496 e. The highest BCUT2D eigenvalue weighted by Crippen LogP contribution is 2.27. The Morgan fingerprint density at radius 2 is 1.65 bits per heavy atom. The molecule has 0 bridgehead atoms. The monoisotopic (exact) mass is 427 g/mol. The lowest BCUT2D eigenvalue weighted by atomic mass is 10.0. The van der Waals surface area contributed by atoms with E-state index in [2.05, 4.69) is 0 Å². The van der Waals surface area contributed by atoms with Gasteiger partial charge in [0.1, 0.15) is 17.6 Å². The largest absolute Gasteiger partial charge is 0.496 e. The Labute approximate surface area is 178 Å². The van der Waals surface area contributed by atoms with E-state index in [4.69, 9.17) is 9.47 Å². The maximum absolute atomic E-state index is 13.5. The minimum absolute atomic E-state index is 0.0409. The second-order valence-electron chi connectivity index (χ2n) is 7.55. The summed E-state index contributed by atoms with van der Waals surface area (Å²) < 4.78 is 23.7. The Kier molecular flexibility index (Phi) is 6.48. The molecule has 3 rings (SSSR count). The van der Waals surface area contributed by atoms with Crippen molar-refractivity contribution in [2.24, 2.45) is 5.92 Å². The van der Waals surface area contributed by atoms with Crippen molar-refractivity contribution in [1.82, 2.24) is 4.90 Å². The number of imide groups is 1. The molecule has 0 saturated carbocycles. The van der Waals surface area contributed by atoms with Crippen LogP contribution in [0.5, 0.6) is 5.75 Å². The average molecular weight is 427 g/mol. The second kappa shape index (κ2) is 9.07. The lowest BCUT2D eigenvalue weighted by Gasteiger charge is -2.25. The number of halogens is 1. The molecule has 7 nitrogen and oxygen atoms in total. The fourth-order valence-electron chi connectivity index (χ4n) is 3.45. The second-order valence-corrected chi connectivity index (χ2v) is 7.55. The van der Waals surface area contributed by atoms with Crippen LogP contribution in [0.1, 0.15) is 51.3 Å². The van der Waals surface area contributed by atoms with Gasteiger partial charge in [0.2, 0.25) is 5.78 Å². The lowest BCUT2D eigenvalue weighted by Crippen LogP contribution is -2.46. The van der Waals surface area contributed by atoms with Crippen LogP contribution in [0.4, 0.5) is 4.39 Å². The van der Waals surface area contributed by atoms with E-state index in [-0.39, 0.29) is 34.8 Å². The molecule has 31 heavy (non-hydrogen) atoms. The number of ketones is 1. The molecule has 0 N–H and O–H groups in total. The van der Waals surface area contributed by atoms with E-state index in [1.54, 1.807) is 12.1 Å². The molecule has 2 aromatic carbocycles. The van der Waals surface area contributed by atoms with Gasteiger partial charge >= 0.3 is 5.97 Å². The third kappa shape index (κ3) is 4.47. The number of hydrogen-bond donors (Lipinski definition) is 0. The Bertz CT molecular complexity index is 1010. The van der Waals surface area contributed by atoms with E-state index in [0.29, 0.717) is 0 Å². The predicted octanol–water partition coefficient (Wildman–Crippen LogP) is 3.27. The standard InChI is InChI=1S/C23H22FNO6/c1-13(2)10-18(25-21(27)15-6-4-5-7-16(15)22(25)28)23(29)31-12-19(26)17-11-14(24)8-9-20(17)30-3/h4-9,11,13,18H,10,12H2,1-3H3. The predicted molar refractivity (Wildman–Crippen MR) is 108 cm³/mol. The molecule has 1 aliphatic rings. The summed E-state index contributed by atoms with van der Waals surface area (Å²) in [4.78, 5) is 51.8. The van der Waals surface area contributed by atoms with Crippen LogP contribution < -0.4 is 4.74 Å². The van der Waals surface area contributed by atoms with Crippen molar-refractivity contribution in [3.63, 3.8) is 0 Å². The summed E-state index contributed by atoms with van der Waals surface area (Å²) in [6.07, 6.45) is 0.168. The van der Waals surface area contributed by atoms with Crippen molar-refractivity contribution in [2.45, 2.75) is 26.3 Å². The van der Waals surface area contributed by atoms with Gasteiger partial charge in [-0.2, -0.15) is 0 Å². The molecule has 1 heterocycles.